The van der Waals surface area contributed by atoms with Crippen LogP contribution in [-0.2, 0) is 37.9 Å². The van der Waals surface area contributed by atoms with Crippen LogP contribution >= 0.6 is 0 Å². The predicted molar refractivity (Wildman–Crippen MR) is 110 cm³/mol. The van der Waals surface area contributed by atoms with Crippen molar-refractivity contribution < 1.29 is 37.9 Å². The Morgan fingerprint density at radius 1 is 0.414 bits per heavy atom. The number of nitrogens with one attached hydrogen (secondary N) is 1. The zero-order chi connectivity index (χ0) is 21.1. The van der Waals surface area contributed by atoms with Gasteiger partial charge in [0.25, 0.3) is 0 Å². The van der Waals surface area contributed by atoms with Crippen molar-refractivity contribution in [3.63, 3.8) is 0 Å². The van der Waals surface area contributed by atoms with Gasteiger partial charge in [-0.15, -0.1) is 0 Å². The van der Waals surface area contributed by atoms with Gasteiger partial charge in [-0.2, -0.15) is 0 Å². The molecule has 10 nitrogen and oxygen atoms in total. The summed E-state index contributed by atoms with van der Waals surface area (Å²) in [6.07, 6.45) is 0. The molecule has 0 amide bonds. The van der Waals surface area contributed by atoms with Crippen LogP contribution < -0.4 is 11.1 Å². The summed E-state index contributed by atoms with van der Waals surface area (Å²) >= 11 is 0. The molecule has 3 N–H and O–H groups in total. The molecule has 0 aliphatic rings. The fourth-order valence-corrected chi connectivity index (χ4v) is 1.90. The maximum absolute atomic E-state index is 5.42. The number of nitrogens with two attached hydrogens (primary N) is 1. The summed E-state index contributed by atoms with van der Waals surface area (Å²) < 4.78 is 42.9. The lowest BCUT2D eigenvalue weighted by Crippen LogP contribution is -2.17. The highest BCUT2D eigenvalue weighted by Gasteiger charge is 1.95. The molecule has 0 aromatic rings. The number of hydrogen-bond donors (Lipinski definition) is 2. The number of ether oxygens (including phenoxy) is 8. The van der Waals surface area contributed by atoms with Crippen molar-refractivity contribution in [1.29, 1.82) is 0 Å². The van der Waals surface area contributed by atoms with Gasteiger partial charge in [-0.1, -0.05) is 0 Å². The minimum absolute atomic E-state index is 0.534. The molecule has 176 valence electrons. The molecule has 0 saturated heterocycles. The van der Waals surface area contributed by atoms with Gasteiger partial charge in [-0.3, -0.25) is 0 Å². The summed E-state index contributed by atoms with van der Waals surface area (Å²) in [6.45, 7) is 10.4. The molecule has 0 aromatic heterocycles. The molecule has 0 spiro atoms. The molecule has 0 unspecified atom stereocenters. The quantitative estimate of drug-likeness (QED) is 0.172. The first-order chi connectivity index (χ1) is 14.4. The van der Waals surface area contributed by atoms with Crippen molar-refractivity contribution in [2.75, 3.05) is 126 Å². The molecule has 0 heterocycles. The summed E-state index contributed by atoms with van der Waals surface area (Å²) in [5, 5.41) is 3.01. The fourth-order valence-electron chi connectivity index (χ4n) is 1.90. The van der Waals surface area contributed by atoms with Crippen molar-refractivity contribution >= 4 is 0 Å². The molecule has 0 radical (unpaired) electrons. The lowest BCUT2D eigenvalue weighted by Gasteiger charge is -2.08. The van der Waals surface area contributed by atoms with E-state index in [-0.39, 0.29) is 0 Å². The third-order valence-electron chi connectivity index (χ3n) is 3.36. The lowest BCUT2D eigenvalue weighted by atomic mass is 10.6. The summed E-state index contributed by atoms with van der Waals surface area (Å²) in [7, 11) is 1.90. The van der Waals surface area contributed by atoms with Crippen LogP contribution in [0, 0.1) is 0 Å². The van der Waals surface area contributed by atoms with Gasteiger partial charge in [0.05, 0.1) is 106 Å². The second-order valence-corrected chi connectivity index (χ2v) is 5.79. The third-order valence-corrected chi connectivity index (χ3v) is 3.36. The van der Waals surface area contributed by atoms with Gasteiger partial charge in [0.15, 0.2) is 0 Å². The van der Waals surface area contributed by atoms with Crippen molar-refractivity contribution in [2.45, 2.75) is 0 Å². The summed E-state index contributed by atoms with van der Waals surface area (Å²) in [5.74, 6) is 0. The molecular weight excluding hydrogens is 384 g/mol. The smallest absolute Gasteiger partial charge is 0.0701 e. The van der Waals surface area contributed by atoms with E-state index in [2.05, 4.69) is 5.32 Å². The van der Waals surface area contributed by atoms with E-state index in [1.165, 1.54) is 0 Å². The van der Waals surface area contributed by atoms with Crippen LogP contribution in [0.5, 0.6) is 0 Å². The van der Waals surface area contributed by atoms with Gasteiger partial charge in [0, 0.05) is 13.1 Å². The van der Waals surface area contributed by atoms with Crippen molar-refractivity contribution in [1.82, 2.24) is 5.32 Å². The maximum atomic E-state index is 5.42. The minimum atomic E-state index is 0.534. The molecule has 0 bridgehead atoms. The van der Waals surface area contributed by atoms with E-state index in [0.29, 0.717) is 112 Å². The highest BCUT2D eigenvalue weighted by Crippen LogP contribution is 1.85. The Balaban J connectivity index is 2.97. The third kappa shape index (κ3) is 27.6. The summed E-state index contributed by atoms with van der Waals surface area (Å²) in [5.41, 5.74) is 5.31. The normalized spacial score (nSPS) is 11.4. The van der Waals surface area contributed by atoms with Gasteiger partial charge in [0.2, 0.25) is 0 Å². The Hall–Kier alpha value is -0.400. The maximum Gasteiger partial charge on any atom is 0.0701 e. The SMILES string of the molecule is CNCCOCCOCCOCCOCCOCCOCCOCCOCCN. The van der Waals surface area contributed by atoms with Gasteiger partial charge >= 0.3 is 0 Å². The first kappa shape index (κ1) is 28.6. The van der Waals surface area contributed by atoms with E-state index in [1.807, 2.05) is 7.05 Å². The number of hydrogen-bond acceptors (Lipinski definition) is 10. The molecule has 0 saturated carbocycles. The second-order valence-electron chi connectivity index (χ2n) is 5.79. The molecule has 10 heteroatoms. The number of likely N-dealkylation sites (N-methyl/N-ethyl adjacent to an activating group) is 1. The first-order valence-electron chi connectivity index (χ1n) is 10.4. The Morgan fingerprint density at radius 3 is 0.897 bits per heavy atom. The van der Waals surface area contributed by atoms with Crippen LogP contribution in [0.1, 0.15) is 0 Å². The molecule has 0 fully saturated rings. The standard InChI is InChI=1S/C19H42N2O8/c1-21-3-5-23-7-9-25-11-13-27-15-17-29-19-18-28-16-14-26-12-10-24-8-6-22-4-2-20/h21H,2-20H2,1H3. The topological polar surface area (TPSA) is 112 Å². The van der Waals surface area contributed by atoms with E-state index in [9.17, 15) is 0 Å². The van der Waals surface area contributed by atoms with Crippen molar-refractivity contribution in [2.24, 2.45) is 5.73 Å². The lowest BCUT2D eigenvalue weighted by molar-refractivity contribution is -0.0228. The molecule has 0 rings (SSSR count). The molecule has 0 atom stereocenters. The van der Waals surface area contributed by atoms with Gasteiger partial charge < -0.3 is 48.9 Å². The highest BCUT2D eigenvalue weighted by atomic mass is 16.6. The van der Waals surface area contributed by atoms with E-state index < -0.39 is 0 Å². The first-order valence-corrected chi connectivity index (χ1v) is 10.4. The van der Waals surface area contributed by atoms with E-state index in [0.717, 1.165) is 6.54 Å². The van der Waals surface area contributed by atoms with Crippen LogP contribution in [-0.4, -0.2) is 126 Å². The molecule has 0 aliphatic carbocycles. The van der Waals surface area contributed by atoms with E-state index in [1.54, 1.807) is 0 Å². The fraction of sp³-hybridized carbons (Fsp3) is 1.00. The van der Waals surface area contributed by atoms with Crippen LogP contribution in [0.4, 0.5) is 0 Å². The second kappa shape index (κ2) is 27.6. The predicted octanol–water partition coefficient (Wildman–Crippen LogP) is -0.703. The van der Waals surface area contributed by atoms with Crippen LogP contribution in [0.2, 0.25) is 0 Å². The van der Waals surface area contributed by atoms with Gasteiger partial charge in [-0.25, -0.2) is 0 Å². The minimum Gasteiger partial charge on any atom is -0.378 e. The molecular formula is C19H42N2O8. The van der Waals surface area contributed by atoms with Crippen molar-refractivity contribution in [3.8, 4) is 0 Å². The average Bonchev–Trinajstić information content (AvgIpc) is 2.74. The summed E-state index contributed by atoms with van der Waals surface area (Å²) in [4.78, 5) is 0. The van der Waals surface area contributed by atoms with Gasteiger partial charge in [-0.05, 0) is 7.05 Å². The van der Waals surface area contributed by atoms with Gasteiger partial charge in [0.1, 0.15) is 0 Å². The molecule has 0 aromatic carbocycles. The Labute approximate surface area is 175 Å². The van der Waals surface area contributed by atoms with Crippen molar-refractivity contribution in [3.05, 3.63) is 0 Å². The Bertz CT molecular complexity index is 265. The van der Waals surface area contributed by atoms with E-state index >= 15 is 0 Å². The zero-order valence-corrected chi connectivity index (χ0v) is 18.1. The number of rotatable bonds is 26. The molecule has 0 aliphatic heterocycles. The average molecular weight is 427 g/mol. The Kier molecular flexibility index (Phi) is 27.2. The van der Waals surface area contributed by atoms with Crippen LogP contribution in [0.15, 0.2) is 0 Å². The monoisotopic (exact) mass is 426 g/mol. The highest BCUT2D eigenvalue weighted by molar-refractivity contribution is 4.39. The zero-order valence-electron chi connectivity index (χ0n) is 18.1. The largest absolute Gasteiger partial charge is 0.378 e. The summed E-state index contributed by atoms with van der Waals surface area (Å²) in [6, 6.07) is 0. The van der Waals surface area contributed by atoms with Crippen LogP contribution in [0.3, 0.4) is 0 Å². The van der Waals surface area contributed by atoms with Crippen LogP contribution in [0.25, 0.3) is 0 Å². The van der Waals surface area contributed by atoms with E-state index in [4.69, 9.17) is 43.6 Å². The Morgan fingerprint density at radius 2 is 0.655 bits per heavy atom. The molecule has 29 heavy (non-hydrogen) atoms.